The van der Waals surface area contributed by atoms with E-state index in [4.69, 9.17) is 9.15 Å². The fourth-order valence-electron chi connectivity index (χ4n) is 3.18. The Labute approximate surface area is 113 Å². The zero-order valence-electron chi connectivity index (χ0n) is 11.5. The molecule has 0 radical (unpaired) electrons. The van der Waals surface area contributed by atoms with Gasteiger partial charge in [0.2, 0.25) is 0 Å². The second kappa shape index (κ2) is 4.66. The molecule has 1 aliphatic heterocycles. The van der Waals surface area contributed by atoms with Crippen LogP contribution in [0.15, 0.2) is 34.7 Å². The Morgan fingerprint density at radius 1 is 1.11 bits per heavy atom. The lowest BCUT2D eigenvalue weighted by molar-refractivity contribution is 0.0162. The van der Waals surface area contributed by atoms with Gasteiger partial charge in [-0.05, 0) is 31.9 Å². The lowest BCUT2D eigenvalue weighted by atomic mass is 9.84. The van der Waals surface area contributed by atoms with E-state index >= 15 is 0 Å². The van der Waals surface area contributed by atoms with Crippen molar-refractivity contribution in [3.8, 4) is 0 Å². The van der Waals surface area contributed by atoms with E-state index in [-0.39, 0.29) is 18.1 Å². The Hall–Kier alpha value is -1.32. The minimum atomic E-state index is -0.609. The molecule has 19 heavy (non-hydrogen) atoms. The summed E-state index contributed by atoms with van der Waals surface area (Å²) in [6.07, 6.45) is -0.380. The Bertz CT molecular complexity index is 541. The van der Waals surface area contributed by atoms with Crippen LogP contribution in [0.5, 0.6) is 0 Å². The maximum atomic E-state index is 10.6. The molecule has 1 aromatic carbocycles. The van der Waals surface area contributed by atoms with E-state index in [1.54, 1.807) is 0 Å². The van der Waals surface area contributed by atoms with Gasteiger partial charge in [-0.15, -0.1) is 0 Å². The number of hydrogen-bond donors (Lipinski definition) is 1. The summed E-state index contributed by atoms with van der Waals surface area (Å²) in [6.45, 7) is 6.22. The highest BCUT2D eigenvalue weighted by Crippen LogP contribution is 2.41. The second-order valence-electron chi connectivity index (χ2n) is 5.61. The van der Waals surface area contributed by atoms with Gasteiger partial charge in [-0.3, -0.25) is 0 Å². The molecule has 0 bridgehead atoms. The Kier molecular flexibility index (Phi) is 3.11. The Morgan fingerprint density at radius 3 is 2.47 bits per heavy atom. The zero-order valence-corrected chi connectivity index (χ0v) is 11.5. The SMILES string of the molecule is CC1OC(C)C(C(O)c2cc3ccccc3o2)C1C. The van der Waals surface area contributed by atoms with E-state index < -0.39 is 6.10 Å². The smallest absolute Gasteiger partial charge is 0.134 e. The number of benzene rings is 1. The van der Waals surface area contributed by atoms with Crippen molar-refractivity contribution in [2.45, 2.75) is 39.1 Å². The summed E-state index contributed by atoms with van der Waals surface area (Å²) in [5, 5.41) is 11.6. The van der Waals surface area contributed by atoms with E-state index in [0.29, 0.717) is 11.7 Å². The van der Waals surface area contributed by atoms with Gasteiger partial charge < -0.3 is 14.3 Å². The summed E-state index contributed by atoms with van der Waals surface area (Å²) in [7, 11) is 0. The van der Waals surface area contributed by atoms with Crippen LogP contribution in [0, 0.1) is 11.8 Å². The summed E-state index contributed by atoms with van der Waals surface area (Å²) in [5.41, 5.74) is 0.823. The highest BCUT2D eigenvalue weighted by atomic mass is 16.5. The van der Waals surface area contributed by atoms with Crippen molar-refractivity contribution in [3.05, 3.63) is 36.1 Å². The van der Waals surface area contributed by atoms with Crippen LogP contribution in [-0.2, 0) is 4.74 Å². The lowest BCUT2D eigenvalue weighted by Gasteiger charge is -2.22. The average Bonchev–Trinajstić information content (AvgIpc) is 2.91. The number of rotatable bonds is 2. The second-order valence-corrected chi connectivity index (χ2v) is 5.61. The molecule has 1 aliphatic rings. The summed E-state index contributed by atoms with van der Waals surface area (Å²) in [6, 6.07) is 9.76. The van der Waals surface area contributed by atoms with Gasteiger partial charge in [0.05, 0.1) is 12.2 Å². The van der Waals surface area contributed by atoms with Gasteiger partial charge in [0.15, 0.2) is 0 Å². The molecule has 0 spiro atoms. The number of furan rings is 1. The Balaban J connectivity index is 1.93. The van der Waals surface area contributed by atoms with Crippen molar-refractivity contribution in [2.24, 2.45) is 11.8 Å². The largest absolute Gasteiger partial charge is 0.458 e. The number of fused-ring (bicyclic) bond motifs is 1. The van der Waals surface area contributed by atoms with Crippen LogP contribution in [0.25, 0.3) is 11.0 Å². The molecule has 0 aliphatic carbocycles. The normalized spacial score (nSPS) is 32.8. The standard InChI is InChI=1S/C16H20O3/c1-9-10(2)18-11(3)15(9)16(17)14-8-12-6-4-5-7-13(12)19-14/h4-11,15-17H,1-3H3. The zero-order chi connectivity index (χ0) is 13.6. The number of para-hydroxylation sites is 1. The maximum Gasteiger partial charge on any atom is 0.134 e. The van der Waals surface area contributed by atoms with Crippen molar-refractivity contribution < 1.29 is 14.3 Å². The van der Waals surface area contributed by atoms with Crippen LogP contribution in [0.4, 0.5) is 0 Å². The van der Waals surface area contributed by atoms with E-state index in [1.807, 2.05) is 37.3 Å². The van der Waals surface area contributed by atoms with E-state index in [1.165, 1.54) is 0 Å². The molecule has 0 amide bonds. The molecule has 3 nitrogen and oxygen atoms in total. The van der Waals surface area contributed by atoms with E-state index in [2.05, 4.69) is 13.8 Å². The quantitative estimate of drug-likeness (QED) is 0.898. The molecule has 5 unspecified atom stereocenters. The molecule has 5 atom stereocenters. The van der Waals surface area contributed by atoms with Crippen LogP contribution >= 0.6 is 0 Å². The minimum absolute atomic E-state index is 0.0493. The number of aliphatic hydroxyl groups excluding tert-OH is 1. The van der Waals surface area contributed by atoms with Gasteiger partial charge in [-0.1, -0.05) is 25.1 Å². The van der Waals surface area contributed by atoms with Gasteiger partial charge in [0.1, 0.15) is 17.4 Å². The number of hydrogen-bond acceptors (Lipinski definition) is 3. The maximum absolute atomic E-state index is 10.6. The van der Waals surface area contributed by atoms with Crippen LogP contribution < -0.4 is 0 Å². The fourth-order valence-corrected chi connectivity index (χ4v) is 3.18. The predicted molar refractivity (Wildman–Crippen MR) is 73.8 cm³/mol. The molecule has 2 heterocycles. The molecule has 1 saturated heterocycles. The molecule has 1 N–H and O–H groups in total. The molecule has 1 fully saturated rings. The molecule has 0 saturated carbocycles. The minimum Gasteiger partial charge on any atom is -0.458 e. The first-order chi connectivity index (χ1) is 9.08. The third-order valence-corrected chi connectivity index (χ3v) is 4.42. The molecule has 3 heteroatoms. The lowest BCUT2D eigenvalue weighted by Crippen LogP contribution is -2.24. The van der Waals surface area contributed by atoms with E-state index in [0.717, 1.165) is 11.0 Å². The summed E-state index contributed by atoms with van der Waals surface area (Å²) < 4.78 is 11.6. The topological polar surface area (TPSA) is 42.6 Å². The van der Waals surface area contributed by atoms with E-state index in [9.17, 15) is 5.11 Å². The van der Waals surface area contributed by atoms with Gasteiger partial charge in [0, 0.05) is 11.3 Å². The van der Waals surface area contributed by atoms with Crippen molar-refractivity contribution in [3.63, 3.8) is 0 Å². The summed E-state index contributed by atoms with van der Waals surface area (Å²) >= 11 is 0. The van der Waals surface area contributed by atoms with Crippen molar-refractivity contribution in [2.75, 3.05) is 0 Å². The first kappa shape index (κ1) is 12.7. The first-order valence-corrected chi connectivity index (χ1v) is 6.90. The highest BCUT2D eigenvalue weighted by Gasteiger charge is 2.42. The van der Waals surface area contributed by atoms with Crippen molar-refractivity contribution in [1.29, 1.82) is 0 Å². The predicted octanol–water partition coefficient (Wildman–Crippen LogP) is 3.53. The first-order valence-electron chi connectivity index (χ1n) is 6.90. The van der Waals surface area contributed by atoms with Gasteiger partial charge >= 0.3 is 0 Å². The van der Waals surface area contributed by atoms with Gasteiger partial charge in [-0.25, -0.2) is 0 Å². The summed E-state index contributed by atoms with van der Waals surface area (Å²) in [5.74, 6) is 1.04. The Morgan fingerprint density at radius 2 is 1.84 bits per heavy atom. The molecular formula is C16H20O3. The van der Waals surface area contributed by atoms with Crippen LogP contribution in [0.2, 0.25) is 0 Å². The highest BCUT2D eigenvalue weighted by molar-refractivity contribution is 5.77. The van der Waals surface area contributed by atoms with Crippen LogP contribution in [0.3, 0.4) is 0 Å². The van der Waals surface area contributed by atoms with Gasteiger partial charge in [0.25, 0.3) is 0 Å². The molecule has 1 aromatic heterocycles. The molecule has 2 aromatic rings. The third-order valence-electron chi connectivity index (χ3n) is 4.42. The molecule has 3 rings (SSSR count). The number of aliphatic hydroxyl groups is 1. The third kappa shape index (κ3) is 2.07. The van der Waals surface area contributed by atoms with Crippen LogP contribution in [-0.4, -0.2) is 17.3 Å². The number of ether oxygens (including phenoxy) is 1. The van der Waals surface area contributed by atoms with Crippen molar-refractivity contribution in [1.82, 2.24) is 0 Å². The average molecular weight is 260 g/mol. The molecule has 102 valence electrons. The van der Waals surface area contributed by atoms with Gasteiger partial charge in [-0.2, -0.15) is 0 Å². The monoisotopic (exact) mass is 260 g/mol. The van der Waals surface area contributed by atoms with Crippen LogP contribution in [0.1, 0.15) is 32.6 Å². The van der Waals surface area contributed by atoms with Crippen molar-refractivity contribution >= 4 is 11.0 Å². The molecular weight excluding hydrogens is 240 g/mol. The summed E-state index contributed by atoms with van der Waals surface area (Å²) in [4.78, 5) is 0. The fraction of sp³-hybridized carbons (Fsp3) is 0.500.